The van der Waals surface area contributed by atoms with Gasteiger partial charge in [-0.05, 0) is 38.0 Å². The summed E-state index contributed by atoms with van der Waals surface area (Å²) in [6.45, 7) is 2.79. The number of ether oxygens (including phenoxy) is 2. The summed E-state index contributed by atoms with van der Waals surface area (Å²) in [4.78, 5) is 28.7. The highest BCUT2D eigenvalue weighted by Crippen LogP contribution is 2.49. The molecule has 1 fully saturated rings. The van der Waals surface area contributed by atoms with Crippen molar-refractivity contribution in [2.45, 2.75) is 51.9 Å². The van der Waals surface area contributed by atoms with Crippen LogP contribution in [-0.4, -0.2) is 39.9 Å². The molecule has 0 bridgehead atoms. The molecule has 1 saturated heterocycles. The summed E-state index contributed by atoms with van der Waals surface area (Å²) in [5, 5.41) is 9.73. The standard InChI is InChI=1S/C22H22F4N2O5/c1-10-16(13-5-6-14(23)17(24)18(13)32-21(25)26)19(33-22(10,3)4)20(30)27-12-7-8-28(31)15(9-12)11(2)29/h5-10,16,19,21,31H,1-4H3/t10-,16+,19+/m0/s1. The molecule has 0 spiro atoms. The number of carbonyl (C=O) groups excluding carboxylic acids is 2. The van der Waals surface area contributed by atoms with Gasteiger partial charge in [0.05, 0.1) is 11.0 Å². The highest BCUT2D eigenvalue weighted by atomic mass is 19.3. The lowest BCUT2D eigenvalue weighted by Crippen LogP contribution is -2.29. The lowest BCUT2D eigenvalue weighted by atomic mass is 9.78. The van der Waals surface area contributed by atoms with Crippen molar-refractivity contribution in [1.82, 2.24) is 4.73 Å². The Morgan fingerprint density at radius 3 is 2.52 bits per heavy atom. The van der Waals surface area contributed by atoms with Crippen molar-refractivity contribution in [2.75, 3.05) is 0 Å². The van der Waals surface area contributed by atoms with Crippen LogP contribution in [0.1, 0.15) is 49.7 Å². The van der Waals surface area contributed by atoms with Crippen molar-refractivity contribution in [3.05, 3.63) is 58.7 Å². The third-order valence-electron chi connectivity index (χ3n) is 5.80. The van der Waals surface area contributed by atoms with E-state index in [1.807, 2.05) is 0 Å². The topological polar surface area (TPSA) is 90.1 Å². The van der Waals surface area contributed by atoms with Crippen molar-refractivity contribution >= 4 is 11.7 Å². The zero-order valence-corrected chi connectivity index (χ0v) is 18.2. The minimum absolute atomic E-state index is 0.0320. The van der Waals surface area contributed by atoms with Gasteiger partial charge in [-0.2, -0.15) is 17.9 Å². The van der Waals surface area contributed by atoms with Gasteiger partial charge < -0.3 is 14.7 Å². The van der Waals surface area contributed by atoms with Crippen LogP contribution in [0.15, 0.2) is 35.5 Å². The van der Waals surface area contributed by atoms with Crippen LogP contribution in [0.2, 0.25) is 0 Å². The number of alkyl halides is 2. The Morgan fingerprint density at radius 1 is 1.24 bits per heavy atom. The molecule has 3 rings (SSSR count). The normalized spacial score (nSPS) is 22.6. The Hall–Kier alpha value is -3.21. The van der Waals surface area contributed by atoms with E-state index in [4.69, 9.17) is 4.74 Å². The number of benzene rings is 1. The van der Waals surface area contributed by atoms with E-state index < -0.39 is 59.2 Å². The number of amides is 1. The maximum absolute atomic E-state index is 14.4. The fourth-order valence-electron chi connectivity index (χ4n) is 3.86. The van der Waals surface area contributed by atoms with Gasteiger partial charge >= 0.3 is 6.61 Å². The lowest BCUT2D eigenvalue weighted by molar-refractivity contribution is -0.133. The molecule has 33 heavy (non-hydrogen) atoms. The molecule has 178 valence electrons. The molecular weight excluding hydrogens is 448 g/mol. The Bertz CT molecular complexity index is 1160. The van der Waals surface area contributed by atoms with Crippen LogP contribution in [0, 0.1) is 17.6 Å². The SMILES string of the molecule is CC(=O)c1cc(=NC(=O)[C@@H]2OC(C)(C)[C@@H](C)[C@@H]2c2ccc(F)c(F)c2OC(F)F)ccn1O. The summed E-state index contributed by atoms with van der Waals surface area (Å²) in [7, 11) is 0. The number of hydrogen-bond donors (Lipinski definition) is 1. The molecule has 0 aliphatic carbocycles. The van der Waals surface area contributed by atoms with Gasteiger partial charge in [0.1, 0.15) is 11.8 Å². The van der Waals surface area contributed by atoms with Gasteiger partial charge in [0.2, 0.25) is 5.82 Å². The number of Topliss-reactive ketones (excluding diaryl/α,β-unsaturated/α-hetero) is 1. The molecule has 11 heteroatoms. The molecule has 2 aromatic rings. The van der Waals surface area contributed by atoms with Crippen LogP contribution in [0.3, 0.4) is 0 Å². The smallest absolute Gasteiger partial charge is 0.387 e. The Kier molecular flexibility index (Phi) is 6.64. The summed E-state index contributed by atoms with van der Waals surface area (Å²) in [6, 6.07) is 4.29. The summed E-state index contributed by atoms with van der Waals surface area (Å²) in [5.74, 6) is -6.83. The molecule has 1 aromatic heterocycles. The molecule has 0 radical (unpaired) electrons. The number of hydrogen-bond acceptors (Lipinski definition) is 5. The minimum atomic E-state index is -3.43. The van der Waals surface area contributed by atoms with E-state index in [0.717, 1.165) is 18.3 Å². The summed E-state index contributed by atoms with van der Waals surface area (Å²) < 4.78 is 64.8. The Morgan fingerprint density at radius 2 is 1.91 bits per heavy atom. The van der Waals surface area contributed by atoms with E-state index in [1.165, 1.54) is 19.1 Å². The molecule has 1 aromatic carbocycles. The first-order valence-electron chi connectivity index (χ1n) is 9.95. The Labute approximate surface area is 186 Å². The van der Waals surface area contributed by atoms with Crippen molar-refractivity contribution < 1.29 is 41.8 Å². The van der Waals surface area contributed by atoms with Crippen molar-refractivity contribution in [3.8, 4) is 5.75 Å². The van der Waals surface area contributed by atoms with E-state index in [9.17, 15) is 32.4 Å². The van der Waals surface area contributed by atoms with Gasteiger partial charge in [0.15, 0.2) is 17.3 Å². The predicted octanol–water partition coefficient (Wildman–Crippen LogP) is 3.83. The highest BCUT2D eigenvalue weighted by molar-refractivity contribution is 5.92. The predicted molar refractivity (Wildman–Crippen MR) is 106 cm³/mol. The fourth-order valence-corrected chi connectivity index (χ4v) is 3.86. The average Bonchev–Trinajstić information content (AvgIpc) is 2.96. The number of ketones is 1. The second-order valence-corrected chi connectivity index (χ2v) is 8.24. The monoisotopic (exact) mass is 470 g/mol. The van der Waals surface area contributed by atoms with E-state index in [0.29, 0.717) is 4.73 Å². The van der Waals surface area contributed by atoms with Crippen LogP contribution >= 0.6 is 0 Å². The second kappa shape index (κ2) is 8.97. The maximum Gasteiger partial charge on any atom is 0.387 e. The highest BCUT2D eigenvalue weighted by Gasteiger charge is 2.51. The fraction of sp³-hybridized carbons (Fsp3) is 0.409. The molecular formula is C22H22F4N2O5. The number of halogens is 4. The molecule has 1 N–H and O–H groups in total. The number of nitrogens with zero attached hydrogens (tertiary/aromatic N) is 2. The maximum atomic E-state index is 14.4. The molecule has 1 aliphatic rings. The van der Waals surface area contributed by atoms with Gasteiger partial charge in [0.25, 0.3) is 5.91 Å². The molecule has 3 atom stereocenters. The van der Waals surface area contributed by atoms with Crippen LogP contribution in [0.4, 0.5) is 17.6 Å². The first kappa shape index (κ1) is 24.4. The lowest BCUT2D eigenvalue weighted by Gasteiger charge is -2.26. The Balaban J connectivity index is 2.11. The number of aromatic nitrogens is 1. The van der Waals surface area contributed by atoms with Gasteiger partial charge in [-0.15, -0.1) is 0 Å². The summed E-state index contributed by atoms with van der Waals surface area (Å²) >= 11 is 0. The largest absolute Gasteiger partial charge is 0.431 e. The van der Waals surface area contributed by atoms with Crippen molar-refractivity contribution in [1.29, 1.82) is 0 Å². The van der Waals surface area contributed by atoms with E-state index in [2.05, 4.69) is 9.73 Å². The number of pyridine rings is 1. The van der Waals surface area contributed by atoms with E-state index in [1.54, 1.807) is 20.8 Å². The van der Waals surface area contributed by atoms with Crippen LogP contribution in [0.5, 0.6) is 5.75 Å². The van der Waals surface area contributed by atoms with Gasteiger partial charge in [-0.3, -0.25) is 9.59 Å². The minimum Gasteiger partial charge on any atom is -0.431 e. The molecule has 1 amide bonds. The van der Waals surface area contributed by atoms with Crippen molar-refractivity contribution in [3.63, 3.8) is 0 Å². The molecule has 2 heterocycles. The van der Waals surface area contributed by atoms with Gasteiger partial charge in [0, 0.05) is 24.6 Å². The molecule has 1 aliphatic heterocycles. The summed E-state index contributed by atoms with van der Waals surface area (Å²) in [5.41, 5.74) is -1.25. The molecule has 7 nitrogen and oxygen atoms in total. The molecule has 0 saturated carbocycles. The van der Waals surface area contributed by atoms with Crippen LogP contribution in [-0.2, 0) is 9.53 Å². The third kappa shape index (κ3) is 4.77. The quantitative estimate of drug-likeness (QED) is 0.408. The van der Waals surface area contributed by atoms with Gasteiger partial charge in [-0.1, -0.05) is 13.0 Å². The zero-order valence-electron chi connectivity index (χ0n) is 18.2. The van der Waals surface area contributed by atoms with Crippen molar-refractivity contribution in [2.24, 2.45) is 10.9 Å². The van der Waals surface area contributed by atoms with E-state index in [-0.39, 0.29) is 16.6 Å². The number of carbonyl (C=O) groups is 2. The average molecular weight is 470 g/mol. The molecule has 0 unspecified atom stereocenters. The summed E-state index contributed by atoms with van der Waals surface area (Å²) in [6.07, 6.45) is -0.228. The zero-order chi connectivity index (χ0) is 24.7. The van der Waals surface area contributed by atoms with Crippen LogP contribution < -0.4 is 10.1 Å². The first-order valence-corrected chi connectivity index (χ1v) is 9.95. The first-order chi connectivity index (χ1) is 15.3. The van der Waals surface area contributed by atoms with E-state index >= 15 is 0 Å². The third-order valence-corrected chi connectivity index (χ3v) is 5.80. The number of rotatable bonds is 5. The van der Waals surface area contributed by atoms with Crippen LogP contribution in [0.25, 0.3) is 0 Å². The second-order valence-electron chi connectivity index (χ2n) is 8.24. The van der Waals surface area contributed by atoms with Gasteiger partial charge in [-0.25, -0.2) is 9.38 Å².